The lowest BCUT2D eigenvalue weighted by atomic mass is 10.0. The van der Waals surface area contributed by atoms with Gasteiger partial charge < -0.3 is 10.6 Å². The summed E-state index contributed by atoms with van der Waals surface area (Å²) in [6.07, 6.45) is 3.06. The standard InChI is InChI=1S/C20H24Cl2N4O2/c1-19(2)7-5-15(25-19)23-17(27)11-9-13(21)14(22)10-12(11)18(28)24-16-6-8-20(3,4)26-16/h9-10H,5-8H2,1-4H3,(H,23,25,27)(H,24,26,28). The van der Waals surface area contributed by atoms with Gasteiger partial charge in [-0.05, 0) is 52.7 Å². The Morgan fingerprint density at radius 2 is 1.18 bits per heavy atom. The summed E-state index contributed by atoms with van der Waals surface area (Å²) in [5, 5.41) is 6.01. The third-order valence-corrected chi connectivity index (χ3v) is 5.61. The van der Waals surface area contributed by atoms with E-state index in [4.69, 9.17) is 23.2 Å². The van der Waals surface area contributed by atoms with Gasteiger partial charge in [0.1, 0.15) is 11.7 Å². The molecule has 0 aliphatic carbocycles. The molecule has 2 aliphatic heterocycles. The molecule has 0 fully saturated rings. The molecule has 150 valence electrons. The number of carbonyl (C=O) groups excluding carboxylic acids is 2. The predicted molar refractivity (Wildman–Crippen MR) is 113 cm³/mol. The minimum Gasteiger partial charge on any atom is -0.310 e. The van der Waals surface area contributed by atoms with Gasteiger partial charge in [-0.1, -0.05) is 23.2 Å². The number of amides is 2. The van der Waals surface area contributed by atoms with Crippen LogP contribution in [0.1, 0.15) is 74.1 Å². The Hall–Kier alpha value is -1.92. The molecular formula is C20H24Cl2N4O2. The first-order valence-corrected chi connectivity index (χ1v) is 10.0. The van der Waals surface area contributed by atoms with Gasteiger partial charge in [0.05, 0.1) is 32.3 Å². The summed E-state index contributed by atoms with van der Waals surface area (Å²) < 4.78 is 0. The first-order valence-electron chi connectivity index (χ1n) is 9.25. The number of hydrogen-bond acceptors (Lipinski definition) is 4. The second-order valence-corrected chi connectivity index (χ2v) is 9.28. The fraction of sp³-hybridized carbons (Fsp3) is 0.500. The van der Waals surface area contributed by atoms with Crippen LogP contribution in [-0.4, -0.2) is 34.6 Å². The number of benzene rings is 1. The van der Waals surface area contributed by atoms with Gasteiger partial charge in [-0.25, -0.2) is 0 Å². The molecule has 0 radical (unpaired) electrons. The van der Waals surface area contributed by atoms with E-state index in [1.165, 1.54) is 12.1 Å². The Bertz CT molecular complexity index is 831. The molecule has 1 aromatic carbocycles. The number of halogens is 2. The van der Waals surface area contributed by atoms with Crippen LogP contribution in [0.3, 0.4) is 0 Å². The maximum Gasteiger partial charge on any atom is 0.257 e. The second-order valence-electron chi connectivity index (χ2n) is 8.46. The van der Waals surface area contributed by atoms with Crippen molar-refractivity contribution in [3.63, 3.8) is 0 Å². The fourth-order valence-corrected chi connectivity index (χ4v) is 3.63. The molecular weight excluding hydrogens is 399 g/mol. The number of carbonyl (C=O) groups is 2. The van der Waals surface area contributed by atoms with E-state index in [1.807, 2.05) is 27.7 Å². The molecule has 1 aromatic rings. The molecule has 2 heterocycles. The van der Waals surface area contributed by atoms with Gasteiger partial charge in [0.25, 0.3) is 11.8 Å². The summed E-state index contributed by atoms with van der Waals surface area (Å²) in [7, 11) is 0. The summed E-state index contributed by atoms with van der Waals surface area (Å²) in [5.74, 6) is 0.339. The zero-order valence-electron chi connectivity index (χ0n) is 16.4. The quantitative estimate of drug-likeness (QED) is 0.740. The molecule has 2 aliphatic rings. The molecule has 0 atom stereocenters. The Morgan fingerprint density at radius 1 is 0.821 bits per heavy atom. The summed E-state index contributed by atoms with van der Waals surface area (Å²) in [6.45, 7) is 8.03. The van der Waals surface area contributed by atoms with Crippen LogP contribution in [0, 0.1) is 0 Å². The van der Waals surface area contributed by atoms with Crippen LogP contribution in [-0.2, 0) is 0 Å². The summed E-state index contributed by atoms with van der Waals surface area (Å²) in [6, 6.07) is 2.82. The van der Waals surface area contributed by atoms with Crippen LogP contribution in [0.15, 0.2) is 22.1 Å². The molecule has 2 N–H and O–H groups in total. The molecule has 0 saturated carbocycles. The van der Waals surface area contributed by atoms with Gasteiger partial charge >= 0.3 is 0 Å². The van der Waals surface area contributed by atoms with Gasteiger partial charge in [0, 0.05) is 12.8 Å². The zero-order valence-corrected chi connectivity index (χ0v) is 18.0. The van der Waals surface area contributed by atoms with Gasteiger partial charge in [-0.3, -0.25) is 19.6 Å². The molecule has 3 rings (SSSR count). The SMILES string of the molecule is CC1(C)CCC(NC(=O)c2cc(Cl)c(Cl)cc2C(=O)NC2=NC(C)(C)CC2)=N1. The maximum atomic E-state index is 12.8. The van der Waals surface area contributed by atoms with Crippen LogP contribution in [0.4, 0.5) is 0 Å². The highest BCUT2D eigenvalue weighted by molar-refractivity contribution is 6.42. The number of hydrogen-bond donors (Lipinski definition) is 2. The van der Waals surface area contributed by atoms with Crippen LogP contribution in [0.2, 0.25) is 10.0 Å². The number of nitrogens with zero attached hydrogens (tertiary/aromatic N) is 2. The molecule has 2 amide bonds. The number of aliphatic imine (C=N–C) groups is 2. The lowest BCUT2D eigenvalue weighted by molar-refractivity contribution is 0.0942. The van der Waals surface area contributed by atoms with Crippen molar-refractivity contribution >= 4 is 46.7 Å². The summed E-state index contributed by atoms with van der Waals surface area (Å²) in [5.41, 5.74) is -0.101. The van der Waals surface area contributed by atoms with Crippen molar-refractivity contribution in [2.24, 2.45) is 9.98 Å². The molecule has 0 unspecified atom stereocenters. The number of rotatable bonds is 2. The van der Waals surface area contributed by atoms with Gasteiger partial charge in [0.15, 0.2) is 0 Å². The Kier molecular flexibility index (Phi) is 5.56. The molecule has 0 spiro atoms. The van der Waals surface area contributed by atoms with E-state index in [0.717, 1.165) is 12.8 Å². The van der Waals surface area contributed by atoms with Crippen molar-refractivity contribution in [1.82, 2.24) is 10.6 Å². The van der Waals surface area contributed by atoms with Crippen molar-refractivity contribution in [3.05, 3.63) is 33.3 Å². The average Bonchev–Trinajstić information content (AvgIpc) is 3.10. The van der Waals surface area contributed by atoms with Gasteiger partial charge in [0.2, 0.25) is 0 Å². The predicted octanol–water partition coefficient (Wildman–Crippen LogP) is 4.39. The first kappa shape index (κ1) is 20.8. The third kappa shape index (κ3) is 4.73. The largest absolute Gasteiger partial charge is 0.310 e. The van der Waals surface area contributed by atoms with Crippen LogP contribution in [0.25, 0.3) is 0 Å². The molecule has 0 saturated heterocycles. The van der Waals surface area contributed by atoms with E-state index in [-0.39, 0.29) is 32.3 Å². The monoisotopic (exact) mass is 422 g/mol. The number of nitrogens with one attached hydrogen (secondary N) is 2. The normalized spacial score (nSPS) is 19.8. The minimum atomic E-state index is -0.436. The number of amidine groups is 2. The van der Waals surface area contributed by atoms with E-state index < -0.39 is 11.8 Å². The topological polar surface area (TPSA) is 82.9 Å². The Morgan fingerprint density at radius 3 is 1.46 bits per heavy atom. The van der Waals surface area contributed by atoms with E-state index in [1.54, 1.807) is 0 Å². The fourth-order valence-electron chi connectivity index (χ4n) is 3.30. The Balaban J connectivity index is 1.86. The van der Waals surface area contributed by atoms with E-state index in [0.29, 0.717) is 24.5 Å². The summed E-state index contributed by atoms with van der Waals surface area (Å²) in [4.78, 5) is 34.7. The van der Waals surface area contributed by atoms with Crippen LogP contribution in [0.5, 0.6) is 0 Å². The van der Waals surface area contributed by atoms with E-state index in [9.17, 15) is 9.59 Å². The van der Waals surface area contributed by atoms with Crippen LogP contribution < -0.4 is 10.6 Å². The molecule has 8 heteroatoms. The first-order chi connectivity index (χ1) is 13.0. The summed E-state index contributed by atoms with van der Waals surface area (Å²) >= 11 is 12.2. The highest BCUT2D eigenvalue weighted by Gasteiger charge is 2.29. The average molecular weight is 423 g/mol. The van der Waals surface area contributed by atoms with E-state index >= 15 is 0 Å². The lowest BCUT2D eigenvalue weighted by Crippen LogP contribution is -2.34. The lowest BCUT2D eigenvalue weighted by Gasteiger charge is -2.13. The van der Waals surface area contributed by atoms with Crippen molar-refractivity contribution in [2.45, 2.75) is 64.5 Å². The molecule has 0 bridgehead atoms. The van der Waals surface area contributed by atoms with Gasteiger partial charge in [-0.15, -0.1) is 0 Å². The maximum absolute atomic E-state index is 12.8. The Labute approximate surface area is 174 Å². The zero-order chi connectivity index (χ0) is 20.7. The third-order valence-electron chi connectivity index (χ3n) is 4.89. The van der Waals surface area contributed by atoms with Crippen molar-refractivity contribution in [2.75, 3.05) is 0 Å². The molecule has 0 aromatic heterocycles. The van der Waals surface area contributed by atoms with Crippen molar-refractivity contribution < 1.29 is 9.59 Å². The van der Waals surface area contributed by atoms with Crippen molar-refractivity contribution in [1.29, 1.82) is 0 Å². The van der Waals surface area contributed by atoms with Gasteiger partial charge in [-0.2, -0.15) is 0 Å². The minimum absolute atomic E-state index is 0.150. The highest BCUT2D eigenvalue weighted by Crippen LogP contribution is 2.28. The molecule has 28 heavy (non-hydrogen) atoms. The highest BCUT2D eigenvalue weighted by atomic mass is 35.5. The second kappa shape index (κ2) is 7.48. The van der Waals surface area contributed by atoms with Crippen molar-refractivity contribution in [3.8, 4) is 0 Å². The molecule has 6 nitrogen and oxygen atoms in total. The van der Waals surface area contributed by atoms with Crippen LogP contribution >= 0.6 is 23.2 Å². The van der Waals surface area contributed by atoms with E-state index in [2.05, 4.69) is 20.6 Å². The smallest absolute Gasteiger partial charge is 0.257 e.